The van der Waals surface area contributed by atoms with Crippen LogP contribution in [-0.2, 0) is 6.54 Å². The van der Waals surface area contributed by atoms with Gasteiger partial charge in [-0.1, -0.05) is 18.2 Å². The zero-order chi connectivity index (χ0) is 12.0. The number of nitrogens with two attached hydrogens (primary N) is 1. The summed E-state index contributed by atoms with van der Waals surface area (Å²) in [6.45, 7) is 2.79. The van der Waals surface area contributed by atoms with Crippen molar-refractivity contribution in [2.75, 3.05) is 39.1 Å². The molecule has 3 heteroatoms. The summed E-state index contributed by atoms with van der Waals surface area (Å²) in [6, 6.07) is 8.34. The summed E-state index contributed by atoms with van der Waals surface area (Å²) in [6.07, 6.45) is 1.17. The van der Waals surface area contributed by atoms with Gasteiger partial charge in [0.25, 0.3) is 0 Å². The second-order valence-electron chi connectivity index (χ2n) is 4.41. The van der Waals surface area contributed by atoms with Gasteiger partial charge in [0.15, 0.2) is 0 Å². The van der Waals surface area contributed by atoms with E-state index in [2.05, 4.69) is 49.1 Å². The first-order chi connectivity index (χ1) is 7.65. The highest BCUT2D eigenvalue weighted by molar-refractivity contribution is 5.52. The first-order valence-corrected chi connectivity index (χ1v) is 5.79. The molecule has 0 heterocycles. The van der Waals surface area contributed by atoms with Crippen molar-refractivity contribution in [2.45, 2.75) is 13.0 Å². The van der Waals surface area contributed by atoms with Gasteiger partial charge >= 0.3 is 0 Å². The van der Waals surface area contributed by atoms with Crippen molar-refractivity contribution in [1.29, 1.82) is 0 Å². The monoisotopic (exact) mass is 221 g/mol. The van der Waals surface area contributed by atoms with Gasteiger partial charge in [-0.05, 0) is 38.7 Å². The maximum absolute atomic E-state index is 5.73. The highest BCUT2D eigenvalue weighted by Crippen LogP contribution is 2.18. The van der Waals surface area contributed by atoms with E-state index in [9.17, 15) is 0 Å². The van der Waals surface area contributed by atoms with Gasteiger partial charge in [0.2, 0.25) is 0 Å². The predicted molar refractivity (Wildman–Crippen MR) is 70.8 cm³/mol. The Balaban J connectivity index is 2.55. The summed E-state index contributed by atoms with van der Waals surface area (Å²) < 4.78 is 0. The molecule has 0 spiro atoms. The Morgan fingerprint density at radius 2 is 1.75 bits per heavy atom. The molecule has 1 aromatic rings. The van der Waals surface area contributed by atoms with Gasteiger partial charge in [0, 0.05) is 25.8 Å². The van der Waals surface area contributed by atoms with Crippen LogP contribution in [0, 0.1) is 0 Å². The van der Waals surface area contributed by atoms with E-state index in [1.165, 1.54) is 17.7 Å². The normalized spacial score (nSPS) is 10.8. The van der Waals surface area contributed by atoms with Crippen molar-refractivity contribution in [3.8, 4) is 0 Å². The molecular weight excluding hydrogens is 198 g/mol. The van der Waals surface area contributed by atoms with Gasteiger partial charge in [-0.2, -0.15) is 0 Å². The van der Waals surface area contributed by atoms with Crippen molar-refractivity contribution < 1.29 is 0 Å². The quantitative estimate of drug-likeness (QED) is 0.791. The van der Waals surface area contributed by atoms with Crippen LogP contribution in [0.4, 0.5) is 5.69 Å². The lowest BCUT2D eigenvalue weighted by molar-refractivity contribution is 0.401. The molecular formula is C13H23N3. The Labute approximate surface area is 98.8 Å². The number of benzene rings is 1. The van der Waals surface area contributed by atoms with Gasteiger partial charge in [-0.3, -0.25) is 0 Å². The lowest BCUT2D eigenvalue weighted by Gasteiger charge is -2.22. The molecule has 0 saturated heterocycles. The van der Waals surface area contributed by atoms with Crippen LogP contribution in [0.15, 0.2) is 24.3 Å². The fourth-order valence-electron chi connectivity index (χ4n) is 1.80. The van der Waals surface area contributed by atoms with Crippen molar-refractivity contribution >= 4 is 5.69 Å². The Morgan fingerprint density at radius 1 is 1.06 bits per heavy atom. The van der Waals surface area contributed by atoms with E-state index in [0.29, 0.717) is 6.54 Å². The molecule has 0 fully saturated rings. The second kappa shape index (κ2) is 6.51. The highest BCUT2D eigenvalue weighted by Gasteiger charge is 2.05. The lowest BCUT2D eigenvalue weighted by Crippen LogP contribution is -2.24. The summed E-state index contributed by atoms with van der Waals surface area (Å²) in [5, 5.41) is 0. The molecule has 0 radical (unpaired) electrons. The molecule has 3 nitrogen and oxygen atoms in total. The minimum absolute atomic E-state index is 0.605. The minimum atomic E-state index is 0.605. The molecule has 90 valence electrons. The number of anilines is 1. The summed E-state index contributed by atoms with van der Waals surface area (Å²) in [4.78, 5) is 4.49. The van der Waals surface area contributed by atoms with Crippen LogP contribution in [0.3, 0.4) is 0 Å². The van der Waals surface area contributed by atoms with E-state index in [-0.39, 0.29) is 0 Å². The smallest absolute Gasteiger partial charge is 0.0409 e. The number of para-hydroxylation sites is 1. The Kier molecular flexibility index (Phi) is 5.29. The molecule has 0 unspecified atom stereocenters. The third kappa shape index (κ3) is 3.83. The van der Waals surface area contributed by atoms with E-state index in [4.69, 9.17) is 5.73 Å². The molecule has 2 N–H and O–H groups in total. The largest absolute Gasteiger partial charge is 0.374 e. The van der Waals surface area contributed by atoms with Gasteiger partial charge < -0.3 is 15.5 Å². The van der Waals surface area contributed by atoms with Crippen molar-refractivity contribution in [1.82, 2.24) is 4.90 Å². The fraction of sp³-hybridized carbons (Fsp3) is 0.538. The van der Waals surface area contributed by atoms with Crippen LogP contribution in [0.2, 0.25) is 0 Å². The van der Waals surface area contributed by atoms with Crippen LogP contribution in [0.25, 0.3) is 0 Å². The summed E-state index contributed by atoms with van der Waals surface area (Å²) in [7, 11) is 6.34. The third-order valence-electron chi connectivity index (χ3n) is 2.72. The Bertz CT molecular complexity index is 310. The molecule has 0 aromatic heterocycles. The molecule has 0 aliphatic heterocycles. The summed E-state index contributed by atoms with van der Waals surface area (Å²) in [5.74, 6) is 0. The zero-order valence-corrected chi connectivity index (χ0v) is 10.6. The average Bonchev–Trinajstić information content (AvgIpc) is 2.28. The first-order valence-electron chi connectivity index (χ1n) is 5.79. The molecule has 0 aliphatic rings. The van der Waals surface area contributed by atoms with E-state index in [0.717, 1.165) is 13.1 Å². The maximum atomic E-state index is 5.73. The lowest BCUT2D eigenvalue weighted by atomic mass is 10.1. The molecule has 0 aliphatic carbocycles. The van der Waals surface area contributed by atoms with Crippen LogP contribution in [-0.4, -0.2) is 39.1 Å². The van der Waals surface area contributed by atoms with E-state index >= 15 is 0 Å². The van der Waals surface area contributed by atoms with E-state index < -0.39 is 0 Å². The Morgan fingerprint density at radius 3 is 2.38 bits per heavy atom. The Hall–Kier alpha value is -1.06. The van der Waals surface area contributed by atoms with Gasteiger partial charge in [-0.15, -0.1) is 0 Å². The number of hydrogen-bond acceptors (Lipinski definition) is 3. The second-order valence-corrected chi connectivity index (χ2v) is 4.41. The van der Waals surface area contributed by atoms with Crippen LogP contribution in [0.5, 0.6) is 0 Å². The van der Waals surface area contributed by atoms with Crippen molar-refractivity contribution in [3.05, 3.63) is 29.8 Å². The van der Waals surface area contributed by atoms with Gasteiger partial charge in [-0.25, -0.2) is 0 Å². The molecule has 0 atom stereocenters. The number of nitrogens with zero attached hydrogens (tertiary/aromatic N) is 2. The van der Waals surface area contributed by atoms with Gasteiger partial charge in [0.1, 0.15) is 0 Å². The summed E-state index contributed by atoms with van der Waals surface area (Å²) >= 11 is 0. The topological polar surface area (TPSA) is 32.5 Å². The molecule has 0 saturated carbocycles. The van der Waals surface area contributed by atoms with Gasteiger partial charge in [0.05, 0.1) is 0 Å². The highest BCUT2D eigenvalue weighted by atomic mass is 15.1. The average molecular weight is 221 g/mol. The standard InChI is InChI=1S/C13H23N3/c1-15(2)9-6-10-16(3)13-8-5-4-7-12(13)11-14/h4-5,7-8H,6,9-11,14H2,1-3H3. The number of rotatable bonds is 6. The van der Waals surface area contributed by atoms with Crippen LogP contribution < -0.4 is 10.6 Å². The molecule has 0 amide bonds. The molecule has 16 heavy (non-hydrogen) atoms. The van der Waals surface area contributed by atoms with E-state index in [1.807, 2.05) is 6.07 Å². The molecule has 0 bridgehead atoms. The summed E-state index contributed by atoms with van der Waals surface area (Å²) in [5.41, 5.74) is 8.20. The van der Waals surface area contributed by atoms with Crippen LogP contribution in [0.1, 0.15) is 12.0 Å². The van der Waals surface area contributed by atoms with Crippen molar-refractivity contribution in [2.24, 2.45) is 5.73 Å². The molecule has 1 rings (SSSR count). The molecule has 1 aromatic carbocycles. The van der Waals surface area contributed by atoms with Crippen molar-refractivity contribution in [3.63, 3.8) is 0 Å². The fourth-order valence-corrected chi connectivity index (χ4v) is 1.80. The predicted octanol–water partition coefficient (Wildman–Crippen LogP) is 1.53. The SMILES string of the molecule is CN(C)CCCN(C)c1ccccc1CN. The zero-order valence-electron chi connectivity index (χ0n) is 10.6. The first kappa shape index (κ1) is 13.0. The minimum Gasteiger partial charge on any atom is -0.374 e. The maximum Gasteiger partial charge on any atom is 0.0409 e. The number of hydrogen-bond donors (Lipinski definition) is 1. The van der Waals surface area contributed by atoms with Crippen LogP contribution >= 0.6 is 0 Å². The van der Waals surface area contributed by atoms with E-state index in [1.54, 1.807) is 0 Å². The third-order valence-corrected chi connectivity index (χ3v) is 2.72.